The zero-order valence-electron chi connectivity index (χ0n) is 8.86. The number of hydrogen-bond acceptors (Lipinski definition) is 5. The van der Waals surface area contributed by atoms with Crippen LogP contribution in [-0.2, 0) is 19.5 Å². The van der Waals surface area contributed by atoms with E-state index in [9.17, 15) is 0 Å². The van der Waals surface area contributed by atoms with Crippen molar-refractivity contribution in [2.24, 2.45) is 0 Å². The minimum Gasteiger partial charge on any atom is -0.304 e. The summed E-state index contributed by atoms with van der Waals surface area (Å²) in [5.41, 5.74) is 0. The van der Waals surface area contributed by atoms with Gasteiger partial charge in [-0.25, -0.2) is 9.97 Å². The zero-order valence-corrected chi connectivity index (χ0v) is 11.3. The van der Waals surface area contributed by atoms with E-state index in [0.717, 1.165) is 33.9 Å². The summed E-state index contributed by atoms with van der Waals surface area (Å²) in [5.74, 6) is 0. The van der Waals surface area contributed by atoms with E-state index in [4.69, 9.17) is 11.6 Å². The topological polar surface area (TPSA) is 37.8 Å². The lowest BCUT2D eigenvalue weighted by molar-refractivity contribution is 0.686. The minimum atomic E-state index is 0.735. The molecule has 86 valence electrons. The Morgan fingerprint density at radius 1 is 1.19 bits per heavy atom. The maximum atomic E-state index is 5.80. The summed E-state index contributed by atoms with van der Waals surface area (Å²) in [6.07, 6.45) is 4.68. The Morgan fingerprint density at radius 2 is 1.88 bits per heavy atom. The van der Waals surface area contributed by atoms with Gasteiger partial charge in [0.05, 0.1) is 6.20 Å². The predicted molar refractivity (Wildman–Crippen MR) is 69.2 cm³/mol. The summed E-state index contributed by atoms with van der Waals surface area (Å²) in [6, 6.07) is 0. The second-order valence-corrected chi connectivity index (χ2v) is 6.18. The van der Waals surface area contributed by atoms with E-state index in [-0.39, 0.29) is 0 Å². The fourth-order valence-electron chi connectivity index (χ4n) is 1.24. The van der Waals surface area contributed by atoms with Crippen molar-refractivity contribution in [2.45, 2.75) is 26.4 Å². The highest BCUT2D eigenvalue weighted by Gasteiger charge is 2.02. The van der Waals surface area contributed by atoms with Gasteiger partial charge in [-0.1, -0.05) is 18.5 Å². The average molecular weight is 274 g/mol. The molecule has 0 aliphatic rings. The summed E-state index contributed by atoms with van der Waals surface area (Å²) in [5, 5.41) is 5.44. The van der Waals surface area contributed by atoms with Gasteiger partial charge in [0.15, 0.2) is 0 Å². The first-order chi connectivity index (χ1) is 7.78. The summed E-state index contributed by atoms with van der Waals surface area (Å²) in [7, 11) is 0. The first kappa shape index (κ1) is 12.0. The lowest BCUT2D eigenvalue weighted by Crippen LogP contribution is -2.11. The molecule has 0 fully saturated rings. The molecule has 0 saturated carbocycles. The van der Waals surface area contributed by atoms with Crippen LogP contribution in [0.5, 0.6) is 0 Å². The second-order valence-electron chi connectivity index (χ2n) is 3.24. The minimum absolute atomic E-state index is 0.735. The van der Waals surface area contributed by atoms with Gasteiger partial charge in [-0.15, -0.1) is 22.7 Å². The lowest BCUT2D eigenvalue weighted by Gasteiger charge is -1.98. The average Bonchev–Trinajstić information content (AvgIpc) is 2.88. The van der Waals surface area contributed by atoms with Crippen LogP contribution in [0.3, 0.4) is 0 Å². The first-order valence-electron chi connectivity index (χ1n) is 5.02. The summed E-state index contributed by atoms with van der Waals surface area (Å²) >= 11 is 9.06. The molecule has 0 radical (unpaired) electrons. The first-order valence-corrected chi connectivity index (χ1v) is 7.03. The van der Waals surface area contributed by atoms with Crippen LogP contribution in [-0.4, -0.2) is 9.97 Å². The van der Waals surface area contributed by atoms with E-state index >= 15 is 0 Å². The fourth-order valence-corrected chi connectivity index (χ4v) is 3.00. The van der Waals surface area contributed by atoms with Crippen LogP contribution in [0.15, 0.2) is 12.4 Å². The quantitative estimate of drug-likeness (QED) is 0.910. The van der Waals surface area contributed by atoms with Gasteiger partial charge < -0.3 is 5.32 Å². The fraction of sp³-hybridized carbons (Fsp3) is 0.400. The highest BCUT2D eigenvalue weighted by Crippen LogP contribution is 2.18. The van der Waals surface area contributed by atoms with Gasteiger partial charge in [0, 0.05) is 24.2 Å². The van der Waals surface area contributed by atoms with E-state index in [0.29, 0.717) is 0 Å². The second kappa shape index (κ2) is 5.72. The zero-order chi connectivity index (χ0) is 11.4. The summed E-state index contributed by atoms with van der Waals surface area (Å²) < 4.78 is 0.735. The monoisotopic (exact) mass is 273 g/mol. The molecule has 2 heterocycles. The molecule has 6 heteroatoms. The molecule has 0 aromatic carbocycles. The number of nitrogens with zero attached hydrogens (tertiary/aromatic N) is 2. The molecule has 0 atom stereocenters. The van der Waals surface area contributed by atoms with Crippen molar-refractivity contribution in [1.82, 2.24) is 15.3 Å². The molecule has 0 aliphatic carbocycles. The number of aromatic nitrogens is 2. The van der Waals surface area contributed by atoms with E-state index < -0.39 is 0 Å². The molecular formula is C10H12ClN3S2. The van der Waals surface area contributed by atoms with E-state index in [2.05, 4.69) is 22.2 Å². The predicted octanol–water partition coefficient (Wildman–Crippen LogP) is 3.11. The number of rotatable bonds is 5. The van der Waals surface area contributed by atoms with Gasteiger partial charge in [0.1, 0.15) is 14.4 Å². The Kier molecular flexibility index (Phi) is 4.29. The van der Waals surface area contributed by atoms with Crippen molar-refractivity contribution in [2.75, 3.05) is 0 Å². The maximum Gasteiger partial charge on any atom is 0.113 e. The Hall–Kier alpha value is -0.490. The molecular weight excluding hydrogens is 262 g/mol. The Balaban J connectivity index is 1.79. The molecule has 3 nitrogen and oxygen atoms in total. The van der Waals surface area contributed by atoms with Gasteiger partial charge in [-0.2, -0.15) is 0 Å². The van der Waals surface area contributed by atoms with Crippen molar-refractivity contribution in [3.05, 3.63) is 31.6 Å². The van der Waals surface area contributed by atoms with E-state index in [1.54, 1.807) is 17.5 Å². The number of halogens is 1. The molecule has 0 unspecified atom stereocenters. The third-order valence-corrected chi connectivity index (χ3v) is 4.28. The van der Waals surface area contributed by atoms with Crippen LogP contribution >= 0.6 is 34.3 Å². The van der Waals surface area contributed by atoms with Gasteiger partial charge in [0.2, 0.25) is 0 Å². The highest BCUT2D eigenvalue weighted by molar-refractivity contribution is 7.15. The Morgan fingerprint density at radius 3 is 2.44 bits per heavy atom. The Labute approximate surface area is 108 Å². The molecule has 2 aromatic rings. The molecule has 0 aliphatic heterocycles. The molecule has 0 bridgehead atoms. The smallest absolute Gasteiger partial charge is 0.113 e. The number of hydrogen-bond donors (Lipinski definition) is 1. The third-order valence-electron chi connectivity index (χ3n) is 2.03. The molecule has 16 heavy (non-hydrogen) atoms. The molecule has 2 rings (SSSR count). The van der Waals surface area contributed by atoms with Crippen LogP contribution in [0.4, 0.5) is 0 Å². The largest absolute Gasteiger partial charge is 0.304 e. The molecule has 0 spiro atoms. The van der Waals surface area contributed by atoms with Crippen LogP contribution in [0.1, 0.15) is 21.8 Å². The summed E-state index contributed by atoms with van der Waals surface area (Å²) in [6.45, 7) is 3.68. The van der Waals surface area contributed by atoms with Crippen molar-refractivity contribution >= 4 is 34.3 Å². The van der Waals surface area contributed by atoms with Crippen molar-refractivity contribution < 1.29 is 0 Å². The van der Waals surface area contributed by atoms with Crippen LogP contribution in [0.25, 0.3) is 0 Å². The SMILES string of the molecule is CCc1cnc(CNCc2ncc(Cl)s2)s1. The molecule has 2 aromatic heterocycles. The molecule has 0 saturated heterocycles. The molecule has 1 N–H and O–H groups in total. The van der Waals surface area contributed by atoms with E-state index in [1.807, 2.05) is 6.20 Å². The lowest BCUT2D eigenvalue weighted by atomic mass is 10.4. The maximum absolute atomic E-state index is 5.80. The summed E-state index contributed by atoms with van der Waals surface area (Å²) in [4.78, 5) is 9.84. The highest BCUT2D eigenvalue weighted by atomic mass is 35.5. The number of thiazole rings is 2. The van der Waals surface area contributed by atoms with E-state index in [1.165, 1.54) is 16.2 Å². The van der Waals surface area contributed by atoms with Crippen LogP contribution in [0, 0.1) is 0 Å². The van der Waals surface area contributed by atoms with Gasteiger partial charge in [0.25, 0.3) is 0 Å². The van der Waals surface area contributed by atoms with Gasteiger partial charge in [-0.3, -0.25) is 0 Å². The Bertz CT molecular complexity index is 452. The van der Waals surface area contributed by atoms with Crippen LogP contribution in [0.2, 0.25) is 4.34 Å². The van der Waals surface area contributed by atoms with Crippen molar-refractivity contribution in [3.63, 3.8) is 0 Å². The van der Waals surface area contributed by atoms with Crippen molar-refractivity contribution in [3.8, 4) is 0 Å². The van der Waals surface area contributed by atoms with Gasteiger partial charge in [-0.05, 0) is 6.42 Å². The van der Waals surface area contributed by atoms with Gasteiger partial charge >= 0.3 is 0 Å². The number of nitrogens with one attached hydrogen (secondary N) is 1. The van der Waals surface area contributed by atoms with Crippen LogP contribution < -0.4 is 5.32 Å². The normalized spacial score (nSPS) is 10.9. The number of aryl methyl sites for hydroxylation is 1. The standard InChI is InChI=1S/C10H12ClN3S2/c1-2-7-3-13-9(15-7)5-12-6-10-14-4-8(11)16-10/h3-4,12H,2,5-6H2,1H3. The molecule has 0 amide bonds. The van der Waals surface area contributed by atoms with Crippen molar-refractivity contribution in [1.29, 1.82) is 0 Å². The third kappa shape index (κ3) is 3.25.